The third-order valence-corrected chi connectivity index (χ3v) is 14.2. The Hall–Kier alpha value is -4.16. The largest absolute Gasteiger partial charge is 0.383 e. The molecule has 5 aliphatic heterocycles. The normalized spacial score (nSPS) is 26.1. The van der Waals surface area contributed by atoms with Crippen LogP contribution in [0.25, 0.3) is 0 Å². The summed E-state index contributed by atoms with van der Waals surface area (Å²) in [4.78, 5) is 84.3. The van der Waals surface area contributed by atoms with Crippen molar-refractivity contribution in [1.29, 1.82) is 0 Å². The number of unbranched alkanes of at least 4 members (excludes halogenated alkanes) is 2. The highest BCUT2D eigenvalue weighted by atomic mass is 16.8. The van der Waals surface area contributed by atoms with Gasteiger partial charge >= 0.3 is 0 Å². The van der Waals surface area contributed by atoms with Gasteiger partial charge < -0.3 is 14.9 Å². The van der Waals surface area contributed by atoms with E-state index in [1.807, 2.05) is 26.1 Å². The highest BCUT2D eigenvalue weighted by Gasteiger charge is 2.52. The number of carbonyl (C=O) groups is 4. The summed E-state index contributed by atoms with van der Waals surface area (Å²) in [6, 6.07) is 3.66. The first-order valence-electron chi connectivity index (χ1n) is 23.3. The number of aromatic nitrogens is 4. The average Bonchev–Trinajstić information content (AvgIpc) is 3.58. The van der Waals surface area contributed by atoms with E-state index in [1.54, 1.807) is 29.9 Å². The van der Waals surface area contributed by atoms with Crippen LogP contribution in [0.4, 0.5) is 11.9 Å². The van der Waals surface area contributed by atoms with Crippen LogP contribution in [0.1, 0.15) is 103 Å². The van der Waals surface area contributed by atoms with Crippen LogP contribution < -0.4 is 9.80 Å². The molecule has 62 heavy (non-hydrogen) atoms. The molecule has 3 atom stereocenters. The molecule has 7 aliphatic rings. The monoisotopic (exact) mass is 860 g/mol. The van der Waals surface area contributed by atoms with Crippen LogP contribution in [0, 0.1) is 10.8 Å². The van der Waals surface area contributed by atoms with Gasteiger partial charge in [0.1, 0.15) is 6.10 Å². The number of imide groups is 2. The average molecular weight is 860 g/mol. The minimum absolute atomic E-state index is 0.00676. The number of piperidine rings is 2. The zero-order valence-electron chi connectivity index (χ0n) is 37.1. The minimum atomic E-state index is -1.00. The Morgan fingerprint density at radius 2 is 0.984 bits per heavy atom. The third kappa shape index (κ3) is 11.9. The second-order valence-electron chi connectivity index (χ2n) is 18.5. The quantitative estimate of drug-likeness (QED) is 0.187. The molecule has 2 saturated carbocycles. The van der Waals surface area contributed by atoms with Gasteiger partial charge in [0.15, 0.2) is 6.23 Å². The van der Waals surface area contributed by atoms with Crippen LogP contribution >= 0.6 is 0 Å². The van der Waals surface area contributed by atoms with E-state index in [0.29, 0.717) is 38.6 Å². The Bertz CT molecular complexity index is 1740. The van der Waals surface area contributed by atoms with Gasteiger partial charge in [0.25, 0.3) is 5.91 Å². The number of nitrogens with zero attached hydrogens (tertiary/aromatic N) is 11. The number of aliphatic hydroxyl groups is 1. The van der Waals surface area contributed by atoms with Crippen molar-refractivity contribution in [2.75, 3.05) is 95.4 Å². The summed E-state index contributed by atoms with van der Waals surface area (Å²) >= 11 is 0. The Morgan fingerprint density at radius 3 is 1.42 bits per heavy atom. The zero-order chi connectivity index (χ0) is 43.5. The van der Waals surface area contributed by atoms with Crippen molar-refractivity contribution in [2.24, 2.45) is 10.8 Å². The number of hydrogen-bond donors (Lipinski definition) is 1. The predicted molar refractivity (Wildman–Crippen MR) is 233 cm³/mol. The van der Waals surface area contributed by atoms with Gasteiger partial charge in [-0.3, -0.25) is 43.6 Å². The van der Waals surface area contributed by atoms with Crippen LogP contribution in [0.15, 0.2) is 36.9 Å². The SMILES string of the molecule is CC1ON1C.O=C1CC2(CCCC2)C(O)C(=O)N1CCCCN1CCN(c2ncccn2)CC1.O=C1CC2(CCCC2)CC(=O)N1CCCCN1CCN(c2ncccn2)CC1. The number of rotatable bonds is 12. The number of likely N-dealkylation sites (tertiary alicyclic amines) is 2. The van der Waals surface area contributed by atoms with E-state index in [9.17, 15) is 24.3 Å². The van der Waals surface area contributed by atoms with Crippen molar-refractivity contribution >= 4 is 35.5 Å². The molecule has 1 N–H and O–H groups in total. The molecule has 0 bridgehead atoms. The molecule has 7 heterocycles. The van der Waals surface area contributed by atoms with Gasteiger partial charge in [0.05, 0.1) is 0 Å². The number of piperazine rings is 2. The third-order valence-electron chi connectivity index (χ3n) is 14.2. The standard InChI is InChI=1S/C21H31N5O3.C21H31N5O2.C3H7NO/c27-17-16-21(6-1-2-7-21)18(28)19(29)26(17)11-4-3-10-24-12-14-25(15-13-24)20-22-8-5-9-23-20;27-18-16-21(6-1-2-7-21)17-19(28)26(18)11-4-3-10-24-12-14-25(15-13-24)20-22-8-5-9-23-20;1-3-4(2)5-3/h5,8-9,18,28H,1-4,6-7,10-16H2;5,8-9H,1-4,6-7,10-17H2;3H,1-2H3. The number of amides is 4. The number of hydrogen-bond acceptors (Lipinski definition) is 15. The van der Waals surface area contributed by atoms with E-state index >= 15 is 0 Å². The molecule has 4 amide bonds. The molecule has 17 heteroatoms. The number of aliphatic hydroxyl groups excluding tert-OH is 1. The van der Waals surface area contributed by atoms with E-state index in [-0.39, 0.29) is 29.0 Å². The van der Waals surface area contributed by atoms with E-state index in [0.717, 1.165) is 142 Å². The lowest BCUT2D eigenvalue weighted by molar-refractivity contribution is -0.167. The van der Waals surface area contributed by atoms with Crippen LogP contribution in [-0.4, -0.2) is 171 Å². The van der Waals surface area contributed by atoms with Gasteiger partial charge in [-0.1, -0.05) is 25.7 Å². The highest BCUT2D eigenvalue weighted by molar-refractivity contribution is 6.01. The number of carbonyl (C=O) groups excluding carboxylic acids is 4. The van der Waals surface area contributed by atoms with E-state index in [1.165, 1.54) is 22.6 Å². The molecule has 3 unspecified atom stereocenters. The highest BCUT2D eigenvalue weighted by Crippen LogP contribution is 2.48. The molecule has 2 aliphatic carbocycles. The molecule has 2 aromatic rings. The summed E-state index contributed by atoms with van der Waals surface area (Å²) in [5.41, 5.74) is -0.473. The van der Waals surface area contributed by atoms with E-state index in [2.05, 4.69) is 39.5 Å². The van der Waals surface area contributed by atoms with E-state index < -0.39 is 11.5 Å². The summed E-state index contributed by atoms with van der Waals surface area (Å²) in [6.45, 7) is 12.6. The molecule has 7 fully saturated rings. The van der Waals surface area contributed by atoms with Gasteiger partial charge in [-0.25, -0.2) is 19.9 Å². The molecule has 2 aromatic heterocycles. The molecule has 0 aromatic carbocycles. The maximum Gasteiger partial charge on any atom is 0.258 e. The first-order valence-corrected chi connectivity index (χ1v) is 23.3. The Balaban J connectivity index is 0.000000167. The molecule has 17 nitrogen and oxygen atoms in total. The maximum absolute atomic E-state index is 12.6. The number of anilines is 2. The molecular formula is C45H69N11O6. The molecule has 2 spiro atoms. The summed E-state index contributed by atoms with van der Waals surface area (Å²) in [5, 5.41) is 12.3. The van der Waals surface area contributed by atoms with Gasteiger partial charge in [-0.15, -0.1) is 0 Å². The fraction of sp³-hybridized carbons (Fsp3) is 0.733. The lowest BCUT2D eigenvalue weighted by atomic mass is 9.74. The molecule has 0 radical (unpaired) electrons. The van der Waals surface area contributed by atoms with Crippen LogP contribution in [-0.2, 0) is 24.0 Å². The van der Waals surface area contributed by atoms with Crippen LogP contribution in [0.3, 0.4) is 0 Å². The van der Waals surface area contributed by atoms with Crippen molar-refractivity contribution in [3.05, 3.63) is 36.9 Å². The topological polar surface area (TPSA) is 175 Å². The smallest absolute Gasteiger partial charge is 0.258 e. The fourth-order valence-corrected chi connectivity index (χ4v) is 10.2. The lowest BCUT2D eigenvalue weighted by Gasteiger charge is -2.41. The van der Waals surface area contributed by atoms with Gasteiger partial charge in [-0.05, 0) is 88.9 Å². The summed E-state index contributed by atoms with van der Waals surface area (Å²) in [5.74, 6) is 1.25. The Kier molecular flexibility index (Phi) is 15.9. The first-order chi connectivity index (χ1) is 30.0. The van der Waals surface area contributed by atoms with Crippen molar-refractivity contribution in [2.45, 2.75) is 116 Å². The summed E-state index contributed by atoms with van der Waals surface area (Å²) in [7, 11) is 1.91. The maximum atomic E-state index is 12.6. The van der Waals surface area contributed by atoms with Crippen LogP contribution in [0.2, 0.25) is 0 Å². The summed E-state index contributed by atoms with van der Waals surface area (Å²) < 4.78 is 0. The van der Waals surface area contributed by atoms with Crippen molar-refractivity contribution < 1.29 is 29.1 Å². The molecule has 5 saturated heterocycles. The molecular weight excluding hydrogens is 791 g/mol. The minimum Gasteiger partial charge on any atom is -0.383 e. The van der Waals surface area contributed by atoms with Crippen molar-refractivity contribution in [3.8, 4) is 0 Å². The molecule has 9 rings (SSSR count). The number of hydroxylamine groups is 2. The predicted octanol–water partition coefficient (Wildman–Crippen LogP) is 3.36. The Labute approximate surface area is 367 Å². The second-order valence-corrected chi connectivity index (χ2v) is 18.5. The van der Waals surface area contributed by atoms with Crippen LogP contribution in [0.5, 0.6) is 0 Å². The van der Waals surface area contributed by atoms with Crippen molar-refractivity contribution in [3.63, 3.8) is 0 Å². The van der Waals surface area contributed by atoms with Gasteiger partial charge in [-0.2, -0.15) is 5.06 Å². The Morgan fingerprint density at radius 1 is 0.597 bits per heavy atom. The summed E-state index contributed by atoms with van der Waals surface area (Å²) in [6.07, 6.45) is 19.6. The van der Waals surface area contributed by atoms with Gasteiger partial charge in [0.2, 0.25) is 29.6 Å². The second kappa shape index (κ2) is 21.5. The fourth-order valence-electron chi connectivity index (χ4n) is 10.2. The first kappa shape index (κ1) is 45.9. The zero-order valence-corrected chi connectivity index (χ0v) is 37.1. The van der Waals surface area contributed by atoms with Crippen molar-refractivity contribution in [1.82, 2.24) is 44.6 Å². The van der Waals surface area contributed by atoms with Gasteiger partial charge in [0, 0.05) is 122 Å². The van der Waals surface area contributed by atoms with E-state index in [4.69, 9.17) is 4.84 Å². The molecule has 340 valence electrons. The lowest BCUT2D eigenvalue weighted by Crippen LogP contribution is -2.56.